The van der Waals surface area contributed by atoms with Gasteiger partial charge in [-0.15, -0.1) is 0 Å². The first kappa shape index (κ1) is 9.44. The molecular weight excluding hydrogens is 152 g/mol. The van der Waals surface area contributed by atoms with Crippen LogP contribution in [0.2, 0.25) is 0 Å². The molecule has 1 fully saturated rings. The molecule has 0 aromatic rings. The van der Waals surface area contributed by atoms with Gasteiger partial charge >= 0.3 is 0 Å². The quantitative estimate of drug-likeness (QED) is 0.539. The second-order valence-electron chi connectivity index (χ2n) is 4.81. The van der Waals surface area contributed by atoms with Crippen molar-refractivity contribution in [2.45, 2.75) is 34.1 Å². The third-order valence-electron chi connectivity index (χ3n) is 2.75. The third kappa shape index (κ3) is 2.40. The highest BCUT2D eigenvalue weighted by Crippen LogP contribution is 2.40. The van der Waals surface area contributed by atoms with Gasteiger partial charge in [0.2, 0.25) is 0 Å². The first-order chi connectivity index (χ1) is 5.02. The fourth-order valence-electron chi connectivity index (χ4n) is 2.17. The molecule has 0 spiro atoms. The minimum absolute atomic E-state index is 0.528. The van der Waals surface area contributed by atoms with Crippen molar-refractivity contribution >= 4 is 11.8 Å². The van der Waals surface area contributed by atoms with Gasteiger partial charge in [-0.05, 0) is 35.2 Å². The van der Waals surface area contributed by atoms with Crippen molar-refractivity contribution in [1.82, 2.24) is 0 Å². The van der Waals surface area contributed by atoms with Crippen LogP contribution in [0.1, 0.15) is 34.1 Å². The number of thioether (sulfide) groups is 1. The molecule has 0 aromatic carbocycles. The lowest BCUT2D eigenvalue weighted by Crippen LogP contribution is -2.31. The van der Waals surface area contributed by atoms with Crippen molar-refractivity contribution < 1.29 is 0 Å². The van der Waals surface area contributed by atoms with Crippen molar-refractivity contribution in [2.24, 2.45) is 17.3 Å². The summed E-state index contributed by atoms with van der Waals surface area (Å²) in [6.45, 7) is 9.54. The van der Waals surface area contributed by atoms with Gasteiger partial charge in [0.1, 0.15) is 0 Å². The van der Waals surface area contributed by atoms with Crippen molar-refractivity contribution in [2.75, 3.05) is 11.5 Å². The Bertz CT molecular complexity index is 123. The standard InChI is InChI=1S/C10H20S/c1-8-7-11-6-5-9(8)10(2,3)4/h8-9H,5-7H2,1-4H3. The van der Waals surface area contributed by atoms with Crippen LogP contribution in [-0.4, -0.2) is 11.5 Å². The van der Waals surface area contributed by atoms with Gasteiger partial charge in [-0.1, -0.05) is 27.7 Å². The summed E-state index contributed by atoms with van der Waals surface area (Å²) in [7, 11) is 0. The summed E-state index contributed by atoms with van der Waals surface area (Å²) in [5.74, 6) is 4.63. The molecule has 1 rings (SSSR count). The molecule has 0 bridgehead atoms. The highest BCUT2D eigenvalue weighted by molar-refractivity contribution is 7.99. The van der Waals surface area contributed by atoms with E-state index >= 15 is 0 Å². The Hall–Kier alpha value is 0.350. The summed E-state index contributed by atoms with van der Waals surface area (Å²) in [4.78, 5) is 0. The zero-order valence-electron chi connectivity index (χ0n) is 8.18. The van der Waals surface area contributed by atoms with Crippen molar-refractivity contribution in [3.8, 4) is 0 Å². The maximum Gasteiger partial charge on any atom is -0.00389 e. The molecule has 66 valence electrons. The Morgan fingerprint density at radius 1 is 1.27 bits per heavy atom. The molecule has 1 aliphatic heterocycles. The normalized spacial score (nSPS) is 33.8. The Balaban J connectivity index is 2.55. The molecule has 1 heterocycles. The van der Waals surface area contributed by atoms with Crippen LogP contribution in [0.15, 0.2) is 0 Å². The summed E-state index contributed by atoms with van der Waals surface area (Å²) in [5, 5.41) is 0. The van der Waals surface area contributed by atoms with Gasteiger partial charge in [0.15, 0.2) is 0 Å². The van der Waals surface area contributed by atoms with Crippen LogP contribution >= 0.6 is 11.8 Å². The zero-order valence-corrected chi connectivity index (χ0v) is 9.00. The molecule has 0 aromatic heterocycles. The van der Waals surface area contributed by atoms with E-state index in [0.717, 1.165) is 11.8 Å². The SMILES string of the molecule is CC1CSCCC1C(C)(C)C. The summed E-state index contributed by atoms with van der Waals surface area (Å²) in [6.07, 6.45) is 1.43. The number of hydrogen-bond acceptors (Lipinski definition) is 1. The van der Waals surface area contributed by atoms with Crippen molar-refractivity contribution in [1.29, 1.82) is 0 Å². The molecule has 0 amide bonds. The lowest BCUT2D eigenvalue weighted by atomic mass is 9.73. The largest absolute Gasteiger partial charge is 0.162 e. The Labute approximate surface area is 75.1 Å². The van der Waals surface area contributed by atoms with Gasteiger partial charge in [-0.2, -0.15) is 11.8 Å². The smallest absolute Gasteiger partial charge is 0.00389 e. The van der Waals surface area contributed by atoms with Gasteiger partial charge in [0.25, 0.3) is 0 Å². The molecule has 11 heavy (non-hydrogen) atoms. The van der Waals surface area contributed by atoms with Crippen LogP contribution in [-0.2, 0) is 0 Å². The molecule has 0 aliphatic carbocycles. The maximum atomic E-state index is 2.40. The molecule has 0 N–H and O–H groups in total. The average Bonchev–Trinajstić information content (AvgIpc) is 1.86. The molecule has 2 unspecified atom stereocenters. The summed E-state index contributed by atoms with van der Waals surface area (Å²) >= 11 is 2.12. The Morgan fingerprint density at radius 2 is 1.91 bits per heavy atom. The lowest BCUT2D eigenvalue weighted by Gasteiger charge is -2.38. The van der Waals surface area contributed by atoms with E-state index in [9.17, 15) is 0 Å². The van der Waals surface area contributed by atoms with Crippen LogP contribution < -0.4 is 0 Å². The average molecular weight is 172 g/mol. The molecule has 1 aliphatic rings. The summed E-state index contributed by atoms with van der Waals surface area (Å²) < 4.78 is 0. The van der Waals surface area contributed by atoms with E-state index in [1.807, 2.05) is 0 Å². The van der Waals surface area contributed by atoms with Gasteiger partial charge in [-0.25, -0.2) is 0 Å². The first-order valence-electron chi connectivity index (χ1n) is 4.59. The topological polar surface area (TPSA) is 0 Å². The van der Waals surface area contributed by atoms with Crippen molar-refractivity contribution in [3.63, 3.8) is 0 Å². The van der Waals surface area contributed by atoms with E-state index in [1.165, 1.54) is 17.9 Å². The Morgan fingerprint density at radius 3 is 2.27 bits per heavy atom. The predicted molar refractivity (Wildman–Crippen MR) is 54.1 cm³/mol. The first-order valence-corrected chi connectivity index (χ1v) is 5.75. The van der Waals surface area contributed by atoms with Gasteiger partial charge in [-0.3, -0.25) is 0 Å². The molecular formula is C10H20S. The molecule has 1 heteroatoms. The van der Waals surface area contributed by atoms with Crippen LogP contribution in [0.3, 0.4) is 0 Å². The van der Waals surface area contributed by atoms with E-state index in [1.54, 1.807) is 0 Å². The summed E-state index contributed by atoms with van der Waals surface area (Å²) in [5.41, 5.74) is 0.528. The molecule has 1 saturated heterocycles. The minimum atomic E-state index is 0.528. The monoisotopic (exact) mass is 172 g/mol. The maximum absolute atomic E-state index is 2.40. The van der Waals surface area contributed by atoms with Crippen molar-refractivity contribution in [3.05, 3.63) is 0 Å². The summed E-state index contributed by atoms with van der Waals surface area (Å²) in [6, 6.07) is 0. The molecule has 0 nitrogen and oxygen atoms in total. The Kier molecular flexibility index (Phi) is 2.90. The third-order valence-corrected chi connectivity index (χ3v) is 4.04. The second-order valence-corrected chi connectivity index (χ2v) is 5.96. The van der Waals surface area contributed by atoms with E-state index < -0.39 is 0 Å². The van der Waals surface area contributed by atoms with E-state index in [-0.39, 0.29) is 0 Å². The van der Waals surface area contributed by atoms with Gasteiger partial charge < -0.3 is 0 Å². The van der Waals surface area contributed by atoms with E-state index in [2.05, 4.69) is 39.5 Å². The molecule has 0 radical (unpaired) electrons. The fourth-order valence-corrected chi connectivity index (χ4v) is 3.36. The van der Waals surface area contributed by atoms with E-state index in [4.69, 9.17) is 0 Å². The van der Waals surface area contributed by atoms with Crippen LogP contribution in [0.4, 0.5) is 0 Å². The molecule has 2 atom stereocenters. The minimum Gasteiger partial charge on any atom is -0.162 e. The van der Waals surface area contributed by atoms with Crippen LogP contribution in [0.5, 0.6) is 0 Å². The highest BCUT2D eigenvalue weighted by Gasteiger charge is 2.31. The highest BCUT2D eigenvalue weighted by atomic mass is 32.2. The fraction of sp³-hybridized carbons (Fsp3) is 1.00. The second kappa shape index (κ2) is 3.38. The number of rotatable bonds is 0. The zero-order chi connectivity index (χ0) is 8.48. The lowest BCUT2D eigenvalue weighted by molar-refractivity contribution is 0.172. The predicted octanol–water partition coefficient (Wildman–Crippen LogP) is 3.42. The van der Waals surface area contributed by atoms with Crippen LogP contribution in [0.25, 0.3) is 0 Å². The van der Waals surface area contributed by atoms with E-state index in [0.29, 0.717) is 5.41 Å². The van der Waals surface area contributed by atoms with Gasteiger partial charge in [0, 0.05) is 0 Å². The van der Waals surface area contributed by atoms with Gasteiger partial charge in [0.05, 0.1) is 0 Å². The number of hydrogen-bond donors (Lipinski definition) is 0. The van der Waals surface area contributed by atoms with Crippen LogP contribution in [0, 0.1) is 17.3 Å². The molecule has 0 saturated carbocycles.